The molecule has 1 aliphatic heterocycles. The molecule has 1 aliphatic rings. The number of alkyl carbamates (subject to hydrolysis) is 1. The summed E-state index contributed by atoms with van der Waals surface area (Å²) in [5.74, 6) is -1.02. The summed E-state index contributed by atoms with van der Waals surface area (Å²) in [6, 6.07) is 14.2. The predicted octanol–water partition coefficient (Wildman–Crippen LogP) is 3.40. The smallest absolute Gasteiger partial charge is 0.415 e. The van der Waals surface area contributed by atoms with E-state index >= 15 is 0 Å². The van der Waals surface area contributed by atoms with Gasteiger partial charge in [-0.3, -0.25) is 25.1 Å². The molecule has 0 aromatic heterocycles. The Morgan fingerprint density at radius 2 is 1.62 bits per heavy atom. The third-order valence-electron chi connectivity index (χ3n) is 5.96. The number of hydrogen-bond acceptors (Lipinski definition) is 9. The maximum atomic E-state index is 12.0. The second kappa shape index (κ2) is 12.9. The molecule has 1 fully saturated rings. The minimum atomic E-state index is -0.905. The van der Waals surface area contributed by atoms with Crippen molar-refractivity contribution in [3.8, 4) is 16.9 Å². The van der Waals surface area contributed by atoms with Gasteiger partial charge in [0.15, 0.2) is 0 Å². The average Bonchev–Trinajstić information content (AvgIpc) is 3.25. The highest BCUT2D eigenvalue weighted by Crippen LogP contribution is 2.24. The molecule has 2 aromatic rings. The van der Waals surface area contributed by atoms with Crippen LogP contribution >= 0.6 is 0 Å². The highest BCUT2D eigenvalue weighted by Gasteiger charge is 2.34. The minimum absolute atomic E-state index is 0.0563. The summed E-state index contributed by atoms with van der Waals surface area (Å²) >= 11 is 0. The molecule has 39 heavy (non-hydrogen) atoms. The Balaban J connectivity index is 1.46. The summed E-state index contributed by atoms with van der Waals surface area (Å²) in [4.78, 5) is 47.1. The Morgan fingerprint density at radius 1 is 1.00 bits per heavy atom. The van der Waals surface area contributed by atoms with Crippen LogP contribution in [0.15, 0.2) is 48.5 Å². The van der Waals surface area contributed by atoms with Crippen LogP contribution in [0, 0.1) is 16.7 Å². The Kier molecular flexibility index (Phi) is 9.64. The molecule has 208 valence electrons. The molecule has 1 heterocycles. The van der Waals surface area contributed by atoms with Crippen LogP contribution in [0.3, 0.4) is 0 Å². The van der Waals surface area contributed by atoms with Gasteiger partial charge in [-0.25, -0.2) is 4.79 Å². The molecule has 0 bridgehead atoms. The first kappa shape index (κ1) is 29.2. The molecule has 0 unspecified atom stereocenters. The lowest BCUT2D eigenvalue weighted by Gasteiger charge is -2.16. The van der Waals surface area contributed by atoms with Crippen LogP contribution in [-0.2, 0) is 28.6 Å². The molecule has 0 saturated carbocycles. The molecule has 1 saturated heterocycles. The summed E-state index contributed by atoms with van der Waals surface area (Å²) in [5, 5.41) is 13.2. The molecule has 3 N–H and O–H groups in total. The van der Waals surface area contributed by atoms with Gasteiger partial charge in [-0.15, -0.1) is 0 Å². The number of benzene rings is 2. The first-order chi connectivity index (χ1) is 18.5. The fourth-order valence-corrected chi connectivity index (χ4v) is 3.73. The Morgan fingerprint density at radius 3 is 2.21 bits per heavy atom. The molecule has 2 atom stereocenters. The number of rotatable bonds is 9. The lowest BCUT2D eigenvalue weighted by atomic mass is 9.98. The largest absolute Gasteiger partial charge is 0.491 e. The first-order valence-corrected chi connectivity index (χ1v) is 12.4. The van der Waals surface area contributed by atoms with E-state index in [9.17, 15) is 19.2 Å². The monoisotopic (exact) mass is 539 g/mol. The van der Waals surface area contributed by atoms with E-state index in [1.807, 2.05) is 36.4 Å². The number of hydrogen-bond donors (Lipinski definition) is 3. The average molecular weight is 540 g/mol. The van der Waals surface area contributed by atoms with Crippen molar-refractivity contribution in [3.63, 3.8) is 0 Å². The van der Waals surface area contributed by atoms with Gasteiger partial charge in [-0.2, -0.15) is 0 Å². The van der Waals surface area contributed by atoms with Crippen molar-refractivity contribution in [2.75, 3.05) is 20.5 Å². The number of nitrogens with one attached hydrogen (secondary N) is 3. The van der Waals surface area contributed by atoms with Gasteiger partial charge in [-0.1, -0.05) is 36.4 Å². The second-order valence-corrected chi connectivity index (χ2v) is 10.1. The van der Waals surface area contributed by atoms with Crippen molar-refractivity contribution in [2.45, 2.75) is 39.7 Å². The SMILES string of the molecule is COC(=O)C[C@@H]1C[C@@H](COc2ccc(-c3ccc(C(=N)NC(=O)OCOC(=O)C(C)(C)C)cc3)cc2)NC1=O. The summed E-state index contributed by atoms with van der Waals surface area (Å²) < 4.78 is 20.1. The Bertz CT molecular complexity index is 1200. The number of carbonyl (C=O) groups excluding carboxylic acids is 4. The van der Waals surface area contributed by atoms with E-state index in [0.717, 1.165) is 11.1 Å². The zero-order chi connectivity index (χ0) is 28.6. The summed E-state index contributed by atoms with van der Waals surface area (Å²) in [5.41, 5.74) is 1.56. The van der Waals surface area contributed by atoms with Crippen molar-refractivity contribution >= 4 is 29.8 Å². The maximum absolute atomic E-state index is 12.0. The van der Waals surface area contributed by atoms with E-state index in [2.05, 4.69) is 15.4 Å². The fraction of sp³-hybridized carbons (Fsp3) is 0.393. The van der Waals surface area contributed by atoms with Crippen molar-refractivity contribution in [1.29, 1.82) is 5.41 Å². The first-order valence-electron chi connectivity index (χ1n) is 12.4. The number of carbonyl (C=O) groups is 4. The van der Waals surface area contributed by atoms with E-state index < -0.39 is 36.2 Å². The van der Waals surface area contributed by atoms with Crippen molar-refractivity contribution in [1.82, 2.24) is 10.6 Å². The van der Waals surface area contributed by atoms with E-state index in [1.165, 1.54) is 7.11 Å². The van der Waals surface area contributed by atoms with Crippen LogP contribution < -0.4 is 15.4 Å². The molecule has 0 spiro atoms. The fourth-order valence-electron chi connectivity index (χ4n) is 3.73. The van der Waals surface area contributed by atoms with Crippen molar-refractivity contribution in [3.05, 3.63) is 54.1 Å². The summed E-state index contributed by atoms with van der Waals surface area (Å²) in [7, 11) is 1.30. The Labute approximate surface area is 226 Å². The number of amidine groups is 1. The van der Waals surface area contributed by atoms with Gasteiger partial charge in [0, 0.05) is 5.56 Å². The highest BCUT2D eigenvalue weighted by molar-refractivity contribution is 6.04. The quantitative estimate of drug-likeness (QED) is 0.190. The lowest BCUT2D eigenvalue weighted by molar-refractivity contribution is -0.161. The van der Waals surface area contributed by atoms with Gasteiger partial charge >= 0.3 is 18.0 Å². The topological polar surface area (TPSA) is 153 Å². The van der Waals surface area contributed by atoms with E-state index in [0.29, 0.717) is 17.7 Å². The summed E-state index contributed by atoms with van der Waals surface area (Å²) in [6.07, 6.45) is -0.344. The molecule has 3 rings (SSSR count). The zero-order valence-corrected chi connectivity index (χ0v) is 22.4. The van der Waals surface area contributed by atoms with Gasteiger partial charge in [0.25, 0.3) is 0 Å². The van der Waals surface area contributed by atoms with Crippen LogP contribution in [0.25, 0.3) is 11.1 Å². The number of amides is 2. The van der Waals surface area contributed by atoms with Crippen LogP contribution in [0.5, 0.6) is 5.75 Å². The van der Waals surface area contributed by atoms with Crippen LogP contribution in [0.4, 0.5) is 4.79 Å². The standard InChI is InChI=1S/C28H33N3O8/c1-28(2,3)26(34)38-16-39-27(35)31-24(29)19-7-5-17(6-8-19)18-9-11-22(12-10-18)37-15-21-13-20(25(33)30-21)14-23(32)36-4/h5-12,20-21H,13-16H2,1-4H3,(H,30,33)(H2,29,31,35)/t20-,21-/m0/s1. The molecule has 2 amide bonds. The van der Waals surface area contributed by atoms with Gasteiger partial charge in [0.05, 0.1) is 30.9 Å². The number of esters is 2. The number of methoxy groups -OCH3 is 1. The van der Waals surface area contributed by atoms with Gasteiger partial charge < -0.3 is 24.3 Å². The van der Waals surface area contributed by atoms with E-state index in [1.54, 1.807) is 32.9 Å². The number of ether oxygens (including phenoxy) is 4. The highest BCUT2D eigenvalue weighted by atomic mass is 16.7. The van der Waals surface area contributed by atoms with E-state index in [4.69, 9.17) is 19.6 Å². The van der Waals surface area contributed by atoms with Gasteiger partial charge in [-0.05, 0) is 50.5 Å². The van der Waals surface area contributed by atoms with Crippen LogP contribution in [0.2, 0.25) is 0 Å². The molecule has 11 heteroatoms. The molecule has 11 nitrogen and oxygen atoms in total. The molecule has 2 aromatic carbocycles. The van der Waals surface area contributed by atoms with Crippen LogP contribution in [0.1, 0.15) is 39.2 Å². The minimum Gasteiger partial charge on any atom is -0.491 e. The van der Waals surface area contributed by atoms with E-state index in [-0.39, 0.29) is 30.8 Å². The van der Waals surface area contributed by atoms with Crippen molar-refractivity contribution < 1.29 is 38.1 Å². The zero-order valence-electron chi connectivity index (χ0n) is 22.4. The Hall–Kier alpha value is -4.41. The van der Waals surface area contributed by atoms with Gasteiger partial charge in [0.1, 0.15) is 18.2 Å². The lowest BCUT2D eigenvalue weighted by Crippen LogP contribution is -2.32. The predicted molar refractivity (Wildman–Crippen MR) is 141 cm³/mol. The van der Waals surface area contributed by atoms with Crippen molar-refractivity contribution in [2.24, 2.45) is 11.3 Å². The maximum Gasteiger partial charge on any atom is 0.415 e. The van der Waals surface area contributed by atoms with Crippen LogP contribution in [-0.4, -0.2) is 56.3 Å². The second-order valence-electron chi connectivity index (χ2n) is 10.1. The van der Waals surface area contributed by atoms with Gasteiger partial charge in [0.2, 0.25) is 12.7 Å². The third-order valence-corrected chi connectivity index (χ3v) is 5.96. The third kappa shape index (κ3) is 8.56. The molecular formula is C28H33N3O8. The molecule has 0 aliphatic carbocycles. The molecule has 0 radical (unpaired) electrons. The molecular weight excluding hydrogens is 506 g/mol. The summed E-state index contributed by atoms with van der Waals surface area (Å²) in [6.45, 7) is 4.79. The normalized spacial score (nSPS) is 16.6.